The second-order valence-corrected chi connectivity index (χ2v) is 6.94. The first-order valence-corrected chi connectivity index (χ1v) is 7.26. The Balaban J connectivity index is 2.54. The first kappa shape index (κ1) is 12.5. The molecule has 0 amide bonds. The van der Waals surface area contributed by atoms with Crippen LogP contribution in [-0.4, -0.2) is 26.8 Å². The summed E-state index contributed by atoms with van der Waals surface area (Å²) in [6.07, 6.45) is 5.93. The van der Waals surface area contributed by atoms with Crippen molar-refractivity contribution in [2.75, 3.05) is 11.5 Å². The molecular formula is C11H20OS2. The van der Waals surface area contributed by atoms with Gasteiger partial charge in [0.15, 0.2) is 0 Å². The minimum atomic E-state index is -0.145. The van der Waals surface area contributed by atoms with E-state index < -0.39 is 0 Å². The smallest absolute Gasteiger partial charge is 0.0669 e. The van der Waals surface area contributed by atoms with Crippen molar-refractivity contribution in [3.63, 3.8) is 0 Å². The van der Waals surface area contributed by atoms with Crippen LogP contribution in [0.25, 0.3) is 0 Å². The van der Waals surface area contributed by atoms with E-state index >= 15 is 0 Å². The fourth-order valence-electron chi connectivity index (χ4n) is 1.66. The van der Waals surface area contributed by atoms with Gasteiger partial charge in [-0.1, -0.05) is 13.0 Å². The Kier molecular flexibility index (Phi) is 5.42. The van der Waals surface area contributed by atoms with E-state index in [1.54, 1.807) is 0 Å². The molecule has 1 atom stereocenters. The molecule has 14 heavy (non-hydrogen) atoms. The number of hydrogen-bond acceptors (Lipinski definition) is 3. The molecule has 1 heterocycles. The Morgan fingerprint density at radius 3 is 2.64 bits per heavy atom. The number of aliphatic hydroxyl groups is 1. The molecular weight excluding hydrogens is 212 g/mol. The molecule has 0 radical (unpaired) electrons. The van der Waals surface area contributed by atoms with E-state index in [0.717, 1.165) is 19.3 Å². The summed E-state index contributed by atoms with van der Waals surface area (Å²) in [5, 5.41) is 9.74. The van der Waals surface area contributed by atoms with Crippen molar-refractivity contribution in [3.8, 4) is 0 Å². The molecule has 0 saturated carbocycles. The summed E-state index contributed by atoms with van der Waals surface area (Å²) >= 11 is 4.02. The van der Waals surface area contributed by atoms with Crippen LogP contribution < -0.4 is 0 Å². The Bertz CT molecular complexity index is 176. The Morgan fingerprint density at radius 2 is 2.14 bits per heavy atom. The Labute approximate surface area is 95.7 Å². The summed E-state index contributed by atoms with van der Waals surface area (Å²) in [7, 11) is 0. The van der Waals surface area contributed by atoms with Gasteiger partial charge in [-0.3, -0.25) is 0 Å². The van der Waals surface area contributed by atoms with Crippen molar-refractivity contribution in [1.29, 1.82) is 0 Å². The summed E-state index contributed by atoms with van der Waals surface area (Å²) in [5.41, 5.74) is 0. The highest BCUT2D eigenvalue weighted by molar-refractivity contribution is 8.18. The van der Waals surface area contributed by atoms with Crippen LogP contribution in [0.2, 0.25) is 0 Å². The largest absolute Gasteiger partial charge is 0.393 e. The third-order valence-corrected chi connectivity index (χ3v) is 5.90. The molecule has 1 aliphatic heterocycles. The predicted molar refractivity (Wildman–Crippen MR) is 68.0 cm³/mol. The number of aliphatic hydroxyl groups excluding tert-OH is 1. The summed E-state index contributed by atoms with van der Waals surface area (Å²) < 4.78 is 0.218. The van der Waals surface area contributed by atoms with Gasteiger partial charge in [0.05, 0.1) is 10.2 Å². The maximum Gasteiger partial charge on any atom is 0.0669 e. The van der Waals surface area contributed by atoms with Crippen LogP contribution in [0.3, 0.4) is 0 Å². The zero-order chi connectivity index (χ0) is 10.4. The molecule has 1 fully saturated rings. The quantitative estimate of drug-likeness (QED) is 0.735. The fourth-order valence-corrected chi connectivity index (χ4v) is 5.09. The van der Waals surface area contributed by atoms with Gasteiger partial charge in [0.25, 0.3) is 0 Å². The average Bonchev–Trinajstić information content (AvgIpc) is 2.19. The monoisotopic (exact) mass is 232 g/mol. The molecule has 0 spiro atoms. The zero-order valence-electron chi connectivity index (χ0n) is 8.87. The highest BCUT2D eigenvalue weighted by Crippen LogP contribution is 2.48. The minimum absolute atomic E-state index is 0.145. The molecule has 82 valence electrons. The molecule has 3 heteroatoms. The van der Waals surface area contributed by atoms with E-state index in [-0.39, 0.29) is 10.2 Å². The molecule has 0 unspecified atom stereocenters. The summed E-state index contributed by atoms with van der Waals surface area (Å²) in [4.78, 5) is 0. The van der Waals surface area contributed by atoms with E-state index in [2.05, 4.69) is 6.58 Å². The number of hydrogen-bond donors (Lipinski definition) is 1. The average molecular weight is 232 g/mol. The van der Waals surface area contributed by atoms with E-state index in [4.69, 9.17) is 0 Å². The third kappa shape index (κ3) is 3.52. The van der Waals surface area contributed by atoms with Gasteiger partial charge in [-0.2, -0.15) is 0 Å². The minimum Gasteiger partial charge on any atom is -0.393 e. The van der Waals surface area contributed by atoms with Crippen LogP contribution >= 0.6 is 23.5 Å². The molecule has 1 N–H and O–H groups in total. The van der Waals surface area contributed by atoms with Crippen LogP contribution in [0.4, 0.5) is 0 Å². The Morgan fingerprint density at radius 1 is 1.50 bits per heavy atom. The van der Waals surface area contributed by atoms with Crippen LogP contribution in [0, 0.1) is 0 Å². The number of allylic oxidation sites excluding steroid dienone is 1. The van der Waals surface area contributed by atoms with E-state index in [9.17, 15) is 5.11 Å². The van der Waals surface area contributed by atoms with Gasteiger partial charge >= 0.3 is 0 Å². The normalized spacial score (nSPS) is 23.0. The predicted octanol–water partition coefficient (Wildman–Crippen LogP) is 3.29. The van der Waals surface area contributed by atoms with Gasteiger partial charge in [0.2, 0.25) is 0 Å². The van der Waals surface area contributed by atoms with Crippen LogP contribution in [0.1, 0.15) is 32.6 Å². The maximum absolute atomic E-state index is 9.74. The van der Waals surface area contributed by atoms with Crippen molar-refractivity contribution in [1.82, 2.24) is 0 Å². The van der Waals surface area contributed by atoms with Gasteiger partial charge in [-0.05, 0) is 37.2 Å². The molecule has 0 bridgehead atoms. The molecule has 0 aromatic rings. The van der Waals surface area contributed by atoms with Crippen molar-refractivity contribution in [2.45, 2.75) is 42.8 Å². The van der Waals surface area contributed by atoms with Gasteiger partial charge in [0.1, 0.15) is 0 Å². The SMILES string of the molecule is C=CCC1(C[C@@H](O)CC)SCCCS1. The van der Waals surface area contributed by atoms with E-state index in [0.29, 0.717) is 0 Å². The topological polar surface area (TPSA) is 20.2 Å². The molecule has 0 aromatic carbocycles. The second kappa shape index (κ2) is 6.09. The first-order valence-electron chi connectivity index (χ1n) is 5.29. The van der Waals surface area contributed by atoms with Crippen molar-refractivity contribution in [3.05, 3.63) is 12.7 Å². The Hall–Kier alpha value is 0.400. The number of thioether (sulfide) groups is 2. The van der Waals surface area contributed by atoms with Crippen molar-refractivity contribution >= 4 is 23.5 Å². The van der Waals surface area contributed by atoms with Gasteiger partial charge in [-0.15, -0.1) is 30.1 Å². The standard InChI is InChI=1S/C11H20OS2/c1-3-6-11(9-10(12)4-2)13-7-5-8-14-11/h3,10,12H,1,4-9H2,2H3/t10-/m0/s1. The number of rotatable bonds is 5. The second-order valence-electron chi connectivity index (χ2n) is 3.72. The van der Waals surface area contributed by atoms with Crippen LogP contribution in [-0.2, 0) is 0 Å². The highest BCUT2D eigenvalue weighted by atomic mass is 32.2. The molecule has 0 aromatic heterocycles. The fraction of sp³-hybridized carbons (Fsp3) is 0.818. The first-order chi connectivity index (χ1) is 6.72. The molecule has 1 rings (SSSR count). The summed E-state index contributed by atoms with van der Waals surface area (Å²) in [5.74, 6) is 2.47. The van der Waals surface area contributed by atoms with Crippen molar-refractivity contribution < 1.29 is 5.11 Å². The molecule has 1 nitrogen and oxygen atoms in total. The lowest BCUT2D eigenvalue weighted by molar-refractivity contribution is 0.156. The summed E-state index contributed by atoms with van der Waals surface area (Å²) in [6.45, 7) is 5.87. The third-order valence-electron chi connectivity index (χ3n) is 2.49. The molecule has 1 aliphatic rings. The van der Waals surface area contributed by atoms with Crippen LogP contribution in [0.5, 0.6) is 0 Å². The zero-order valence-corrected chi connectivity index (χ0v) is 10.5. The van der Waals surface area contributed by atoms with E-state index in [1.807, 2.05) is 36.5 Å². The molecule has 1 saturated heterocycles. The van der Waals surface area contributed by atoms with Crippen LogP contribution in [0.15, 0.2) is 12.7 Å². The van der Waals surface area contributed by atoms with Crippen molar-refractivity contribution in [2.24, 2.45) is 0 Å². The van der Waals surface area contributed by atoms with Gasteiger partial charge in [-0.25, -0.2) is 0 Å². The van der Waals surface area contributed by atoms with Gasteiger partial charge in [0, 0.05) is 0 Å². The van der Waals surface area contributed by atoms with E-state index in [1.165, 1.54) is 17.9 Å². The van der Waals surface area contributed by atoms with Gasteiger partial charge < -0.3 is 5.11 Å². The lowest BCUT2D eigenvalue weighted by Crippen LogP contribution is -2.29. The highest BCUT2D eigenvalue weighted by Gasteiger charge is 2.34. The lowest BCUT2D eigenvalue weighted by atomic mass is 10.1. The molecule has 0 aliphatic carbocycles. The maximum atomic E-state index is 9.74. The summed E-state index contributed by atoms with van der Waals surface area (Å²) in [6, 6.07) is 0. The lowest BCUT2D eigenvalue weighted by Gasteiger charge is -2.36.